The van der Waals surface area contributed by atoms with Crippen LogP contribution in [0.2, 0.25) is 0 Å². The molecule has 0 aliphatic carbocycles. The van der Waals surface area contributed by atoms with E-state index in [9.17, 15) is 4.79 Å². The third-order valence-corrected chi connectivity index (χ3v) is 3.88. The maximum atomic E-state index is 12.3. The van der Waals surface area contributed by atoms with Crippen molar-refractivity contribution in [2.75, 3.05) is 13.1 Å². The van der Waals surface area contributed by atoms with Gasteiger partial charge >= 0.3 is 6.09 Å². The zero-order valence-corrected chi connectivity index (χ0v) is 13.9. The third kappa shape index (κ3) is 5.70. The highest BCUT2D eigenvalue weighted by molar-refractivity contribution is 5.68. The van der Waals surface area contributed by atoms with Gasteiger partial charge < -0.3 is 15.0 Å². The van der Waals surface area contributed by atoms with Crippen LogP contribution in [-0.2, 0) is 4.74 Å². The van der Waals surface area contributed by atoms with Gasteiger partial charge in [0.1, 0.15) is 5.60 Å². The molecule has 0 aromatic heterocycles. The molecule has 1 fully saturated rings. The normalized spacial score (nSPS) is 20.3. The summed E-state index contributed by atoms with van der Waals surface area (Å²) < 4.78 is 5.53. The van der Waals surface area contributed by atoms with Crippen LogP contribution in [0.1, 0.15) is 66.7 Å². The van der Waals surface area contributed by atoms with E-state index in [1.807, 2.05) is 25.7 Å². The molecule has 20 heavy (non-hydrogen) atoms. The lowest BCUT2D eigenvalue weighted by Crippen LogP contribution is -2.51. The summed E-state index contributed by atoms with van der Waals surface area (Å²) in [4.78, 5) is 14.2. The average Bonchev–Trinajstić information content (AvgIpc) is 2.38. The number of amides is 1. The Bertz CT molecular complexity index is 295. The van der Waals surface area contributed by atoms with Gasteiger partial charge in [-0.25, -0.2) is 4.79 Å². The van der Waals surface area contributed by atoms with Crippen LogP contribution in [0.3, 0.4) is 0 Å². The number of rotatable bonds is 5. The van der Waals surface area contributed by atoms with Gasteiger partial charge in [0, 0.05) is 25.2 Å². The number of hydrogen-bond acceptors (Lipinski definition) is 3. The minimum absolute atomic E-state index is 0.159. The minimum atomic E-state index is -0.415. The molecule has 0 bridgehead atoms. The first-order valence-corrected chi connectivity index (χ1v) is 8.10. The van der Waals surface area contributed by atoms with Gasteiger partial charge in [0.15, 0.2) is 0 Å². The molecule has 0 aromatic carbocycles. The first kappa shape index (κ1) is 17.3. The van der Waals surface area contributed by atoms with E-state index in [0.717, 1.165) is 38.8 Å². The first-order chi connectivity index (χ1) is 9.37. The summed E-state index contributed by atoms with van der Waals surface area (Å²) in [5.41, 5.74) is -0.415. The lowest BCUT2D eigenvalue weighted by atomic mass is 10.0. The van der Waals surface area contributed by atoms with Crippen molar-refractivity contribution in [3.05, 3.63) is 0 Å². The lowest BCUT2D eigenvalue weighted by Gasteiger charge is -2.37. The van der Waals surface area contributed by atoms with Gasteiger partial charge in [0.25, 0.3) is 0 Å². The van der Waals surface area contributed by atoms with Crippen molar-refractivity contribution in [1.82, 2.24) is 10.2 Å². The highest BCUT2D eigenvalue weighted by Crippen LogP contribution is 2.20. The maximum absolute atomic E-state index is 12.3. The summed E-state index contributed by atoms with van der Waals surface area (Å²) >= 11 is 0. The van der Waals surface area contributed by atoms with Crippen LogP contribution < -0.4 is 5.32 Å². The smallest absolute Gasteiger partial charge is 0.410 e. The van der Waals surface area contributed by atoms with E-state index in [-0.39, 0.29) is 12.1 Å². The molecule has 4 nitrogen and oxygen atoms in total. The molecule has 118 valence electrons. The highest BCUT2D eigenvalue weighted by atomic mass is 16.6. The largest absolute Gasteiger partial charge is 0.444 e. The quantitative estimate of drug-likeness (QED) is 0.839. The second-order valence-electron chi connectivity index (χ2n) is 6.75. The van der Waals surface area contributed by atoms with Crippen molar-refractivity contribution in [3.63, 3.8) is 0 Å². The summed E-state index contributed by atoms with van der Waals surface area (Å²) in [5.74, 6) is 0. The summed E-state index contributed by atoms with van der Waals surface area (Å²) in [5, 5.41) is 3.59. The molecule has 0 aromatic rings. The van der Waals surface area contributed by atoms with Crippen LogP contribution in [-0.4, -0.2) is 41.8 Å². The first-order valence-electron chi connectivity index (χ1n) is 8.10. The molecule has 1 aliphatic rings. The number of nitrogens with zero attached hydrogens (tertiary/aromatic N) is 1. The molecule has 4 heteroatoms. The lowest BCUT2D eigenvalue weighted by molar-refractivity contribution is 0.00963. The van der Waals surface area contributed by atoms with Crippen LogP contribution in [0.4, 0.5) is 4.79 Å². The molecule has 1 N–H and O–H groups in total. The Hall–Kier alpha value is -0.770. The van der Waals surface area contributed by atoms with Crippen LogP contribution in [0.15, 0.2) is 0 Å². The van der Waals surface area contributed by atoms with Crippen molar-refractivity contribution in [1.29, 1.82) is 0 Å². The van der Waals surface area contributed by atoms with Crippen LogP contribution in [0.25, 0.3) is 0 Å². The molecule has 1 atom stereocenters. The molecule has 1 aliphatic heterocycles. The van der Waals surface area contributed by atoms with Crippen molar-refractivity contribution < 1.29 is 9.53 Å². The Morgan fingerprint density at radius 1 is 1.30 bits per heavy atom. The zero-order chi connectivity index (χ0) is 15.2. The van der Waals surface area contributed by atoms with Gasteiger partial charge in [-0.05, 0) is 52.9 Å². The Morgan fingerprint density at radius 2 is 1.95 bits per heavy atom. The van der Waals surface area contributed by atoms with Gasteiger partial charge in [-0.1, -0.05) is 13.8 Å². The molecule has 0 radical (unpaired) electrons. The van der Waals surface area contributed by atoms with Crippen LogP contribution >= 0.6 is 0 Å². The summed E-state index contributed by atoms with van der Waals surface area (Å²) in [7, 11) is 0. The summed E-state index contributed by atoms with van der Waals surface area (Å²) in [6, 6.07) is 0.830. The standard InChI is InChI=1S/C16H32N2O2/c1-6-13(7-2)17-12-14-10-8-9-11-18(14)15(19)20-16(3,4)5/h13-14,17H,6-12H2,1-5H3. The average molecular weight is 284 g/mol. The van der Waals surface area contributed by atoms with Crippen LogP contribution in [0, 0.1) is 0 Å². The number of piperidine rings is 1. The molecule has 0 saturated carbocycles. The number of ether oxygens (including phenoxy) is 1. The Balaban J connectivity index is 2.55. The predicted octanol–water partition coefficient (Wildman–Crippen LogP) is 3.55. The second-order valence-corrected chi connectivity index (χ2v) is 6.75. The van der Waals surface area contributed by atoms with Gasteiger partial charge in [-0.2, -0.15) is 0 Å². The number of carbonyl (C=O) groups excluding carboxylic acids is 1. The van der Waals surface area contributed by atoms with E-state index >= 15 is 0 Å². The highest BCUT2D eigenvalue weighted by Gasteiger charge is 2.30. The van der Waals surface area contributed by atoms with Gasteiger partial charge in [0.2, 0.25) is 0 Å². The van der Waals surface area contributed by atoms with Crippen molar-refractivity contribution in [2.45, 2.75) is 84.4 Å². The molecule has 1 unspecified atom stereocenters. The fourth-order valence-electron chi connectivity index (χ4n) is 2.65. The minimum Gasteiger partial charge on any atom is -0.444 e. The molecule has 1 heterocycles. The Morgan fingerprint density at radius 3 is 2.50 bits per heavy atom. The molecule has 1 saturated heterocycles. The van der Waals surface area contributed by atoms with E-state index in [0.29, 0.717) is 6.04 Å². The topological polar surface area (TPSA) is 41.6 Å². The number of nitrogens with one attached hydrogen (secondary N) is 1. The van der Waals surface area contributed by atoms with Gasteiger partial charge in [-0.15, -0.1) is 0 Å². The molecular formula is C16H32N2O2. The Labute approximate surface area is 124 Å². The molecule has 1 rings (SSSR count). The molecule has 0 spiro atoms. The SMILES string of the molecule is CCC(CC)NCC1CCCCN1C(=O)OC(C)(C)C. The Kier molecular flexibility index (Phi) is 6.80. The van der Waals surface area contributed by atoms with Crippen molar-refractivity contribution in [3.8, 4) is 0 Å². The summed E-state index contributed by atoms with van der Waals surface area (Å²) in [6.45, 7) is 11.9. The van der Waals surface area contributed by atoms with Crippen molar-refractivity contribution in [2.24, 2.45) is 0 Å². The van der Waals surface area contributed by atoms with E-state index in [2.05, 4.69) is 19.2 Å². The third-order valence-electron chi connectivity index (χ3n) is 3.88. The van der Waals surface area contributed by atoms with Gasteiger partial charge in [0.05, 0.1) is 0 Å². The van der Waals surface area contributed by atoms with Gasteiger partial charge in [-0.3, -0.25) is 0 Å². The zero-order valence-electron chi connectivity index (χ0n) is 13.9. The fraction of sp³-hybridized carbons (Fsp3) is 0.938. The number of hydrogen-bond donors (Lipinski definition) is 1. The number of carbonyl (C=O) groups is 1. The van der Waals surface area contributed by atoms with E-state index in [4.69, 9.17) is 4.74 Å². The monoisotopic (exact) mass is 284 g/mol. The molecular weight excluding hydrogens is 252 g/mol. The van der Waals surface area contributed by atoms with Crippen LogP contribution in [0.5, 0.6) is 0 Å². The van der Waals surface area contributed by atoms with E-state index in [1.54, 1.807) is 0 Å². The molecule has 1 amide bonds. The second kappa shape index (κ2) is 7.87. The summed E-state index contributed by atoms with van der Waals surface area (Å²) in [6.07, 6.45) is 5.47. The fourth-order valence-corrected chi connectivity index (χ4v) is 2.65. The van der Waals surface area contributed by atoms with E-state index < -0.39 is 5.60 Å². The predicted molar refractivity (Wildman–Crippen MR) is 83.0 cm³/mol. The van der Waals surface area contributed by atoms with Crippen molar-refractivity contribution >= 4 is 6.09 Å². The maximum Gasteiger partial charge on any atom is 0.410 e. The number of likely N-dealkylation sites (tertiary alicyclic amines) is 1. The van der Waals surface area contributed by atoms with E-state index in [1.165, 1.54) is 6.42 Å².